The van der Waals surface area contributed by atoms with E-state index < -0.39 is 0 Å². The van der Waals surface area contributed by atoms with Crippen molar-refractivity contribution in [1.82, 2.24) is 0 Å². The normalized spacial score (nSPS) is 9.91. The number of hydrogen-bond acceptors (Lipinski definition) is 6. The van der Waals surface area contributed by atoms with Crippen LogP contribution in [0.1, 0.15) is 11.1 Å². The highest BCUT2D eigenvalue weighted by atomic mass is 16.5. The van der Waals surface area contributed by atoms with Crippen molar-refractivity contribution >= 4 is 22.7 Å². The molecule has 0 spiro atoms. The lowest BCUT2D eigenvalue weighted by Crippen LogP contribution is -1.98. The molecule has 0 bridgehead atoms. The molecule has 6 nitrogen and oxygen atoms in total. The van der Waals surface area contributed by atoms with Crippen LogP contribution in [0.15, 0.2) is 36.4 Å². The Morgan fingerprint density at radius 1 is 0.864 bits per heavy atom. The van der Waals surface area contributed by atoms with Crippen LogP contribution in [0.25, 0.3) is 0 Å². The summed E-state index contributed by atoms with van der Waals surface area (Å²) in [6.45, 7) is 0.616. The molecule has 2 aromatic rings. The van der Waals surface area contributed by atoms with Gasteiger partial charge in [0.25, 0.3) is 0 Å². The minimum Gasteiger partial charge on any atom is -0.399 e. The lowest BCUT2D eigenvalue weighted by molar-refractivity contribution is 0.185. The molecule has 0 aliphatic heterocycles. The number of ether oxygens (including phenoxy) is 1. The van der Waals surface area contributed by atoms with Crippen molar-refractivity contribution in [3.63, 3.8) is 0 Å². The fraction of sp³-hybridized carbons (Fsp3) is 0.250. The molecule has 0 atom stereocenters. The van der Waals surface area contributed by atoms with E-state index in [-0.39, 0.29) is 6.61 Å². The molecule has 0 fully saturated rings. The van der Waals surface area contributed by atoms with Gasteiger partial charge in [-0.1, -0.05) is 0 Å². The van der Waals surface area contributed by atoms with Gasteiger partial charge in [-0.15, -0.1) is 0 Å². The van der Waals surface area contributed by atoms with Crippen molar-refractivity contribution in [2.45, 2.75) is 13.0 Å². The molecular formula is C16H24N4O2. The first-order chi connectivity index (χ1) is 10.5. The van der Waals surface area contributed by atoms with E-state index in [1.165, 1.54) is 0 Å². The number of aliphatic hydroxyl groups is 1. The topological polar surface area (TPSA) is 134 Å². The van der Waals surface area contributed by atoms with E-state index in [4.69, 9.17) is 32.8 Å². The summed E-state index contributed by atoms with van der Waals surface area (Å²) in [6.07, 6.45) is 0.566. The third-order valence-electron chi connectivity index (χ3n) is 3.02. The maximum atomic E-state index is 8.64. The van der Waals surface area contributed by atoms with Crippen molar-refractivity contribution in [3.8, 4) is 0 Å². The fourth-order valence-corrected chi connectivity index (χ4v) is 1.87. The molecule has 6 heteroatoms. The number of nitrogens with two attached hydrogens (primary N) is 4. The maximum absolute atomic E-state index is 8.64. The minimum absolute atomic E-state index is 0.105. The van der Waals surface area contributed by atoms with Crippen LogP contribution in [-0.4, -0.2) is 18.8 Å². The Morgan fingerprint density at radius 2 is 1.36 bits per heavy atom. The largest absolute Gasteiger partial charge is 0.399 e. The molecule has 22 heavy (non-hydrogen) atoms. The number of rotatable bonds is 4. The van der Waals surface area contributed by atoms with Gasteiger partial charge in [-0.2, -0.15) is 0 Å². The Bertz CT molecular complexity index is 549. The highest BCUT2D eigenvalue weighted by Gasteiger charge is 1.98. The third-order valence-corrected chi connectivity index (χ3v) is 3.02. The Labute approximate surface area is 130 Å². The van der Waals surface area contributed by atoms with Gasteiger partial charge in [-0.25, -0.2) is 0 Å². The van der Waals surface area contributed by atoms with E-state index in [2.05, 4.69) is 0 Å². The summed E-state index contributed by atoms with van der Waals surface area (Å²) < 4.78 is 4.93. The van der Waals surface area contributed by atoms with Crippen molar-refractivity contribution in [2.75, 3.05) is 36.7 Å². The zero-order valence-electron chi connectivity index (χ0n) is 12.8. The average molecular weight is 304 g/mol. The van der Waals surface area contributed by atoms with Crippen LogP contribution in [-0.2, 0) is 17.8 Å². The predicted octanol–water partition coefficient (Wildman–Crippen LogP) is 1.38. The van der Waals surface area contributed by atoms with Gasteiger partial charge >= 0.3 is 0 Å². The van der Waals surface area contributed by atoms with Crippen molar-refractivity contribution in [1.29, 1.82) is 0 Å². The van der Waals surface area contributed by atoms with E-state index in [1.807, 2.05) is 6.07 Å². The Balaban J connectivity index is 0.000000220. The van der Waals surface area contributed by atoms with E-state index in [9.17, 15) is 0 Å². The minimum atomic E-state index is 0.105. The molecule has 9 N–H and O–H groups in total. The van der Waals surface area contributed by atoms with E-state index in [1.54, 1.807) is 37.4 Å². The highest BCUT2D eigenvalue weighted by molar-refractivity contribution is 5.55. The Hall–Kier alpha value is -2.44. The lowest BCUT2D eigenvalue weighted by Gasteiger charge is -2.04. The summed E-state index contributed by atoms with van der Waals surface area (Å²) in [5, 5.41) is 8.64. The zero-order chi connectivity index (χ0) is 16.5. The van der Waals surface area contributed by atoms with Crippen LogP contribution < -0.4 is 22.9 Å². The summed E-state index contributed by atoms with van der Waals surface area (Å²) in [5.74, 6) is 0. The quantitative estimate of drug-likeness (QED) is 0.542. The monoisotopic (exact) mass is 304 g/mol. The van der Waals surface area contributed by atoms with Gasteiger partial charge in [0, 0.05) is 42.0 Å². The Kier molecular flexibility index (Phi) is 7.01. The number of nitrogen functional groups attached to an aromatic ring is 4. The molecule has 0 aliphatic carbocycles. The van der Waals surface area contributed by atoms with Crippen LogP contribution in [0.5, 0.6) is 0 Å². The molecule has 0 saturated carbocycles. The van der Waals surface area contributed by atoms with Crippen molar-refractivity contribution < 1.29 is 9.84 Å². The van der Waals surface area contributed by atoms with Crippen LogP contribution in [0, 0.1) is 0 Å². The highest BCUT2D eigenvalue weighted by Crippen LogP contribution is 2.16. The van der Waals surface area contributed by atoms with E-state index in [0.717, 1.165) is 16.8 Å². The maximum Gasteiger partial charge on any atom is 0.0733 e. The van der Waals surface area contributed by atoms with Gasteiger partial charge in [0.1, 0.15) is 0 Å². The van der Waals surface area contributed by atoms with Crippen LogP contribution in [0.4, 0.5) is 22.7 Å². The molecule has 0 radical (unpaired) electrons. The fourth-order valence-electron chi connectivity index (χ4n) is 1.87. The summed E-state index contributed by atoms with van der Waals surface area (Å²) in [6, 6.07) is 10.7. The van der Waals surface area contributed by atoms with Crippen LogP contribution in [0.3, 0.4) is 0 Å². The number of anilines is 4. The first kappa shape index (κ1) is 17.6. The zero-order valence-corrected chi connectivity index (χ0v) is 12.8. The summed E-state index contributed by atoms with van der Waals surface area (Å²) in [4.78, 5) is 0. The molecule has 0 amide bonds. The molecular weight excluding hydrogens is 280 g/mol. The molecule has 0 heterocycles. The van der Waals surface area contributed by atoms with Gasteiger partial charge in [0.15, 0.2) is 0 Å². The standard InChI is InChI=1S/2C8H12N2O/c1-11-5-6-4-7(9)2-3-8(6)10;9-7-1-2-8(10)6(5-7)3-4-11/h2-4H,5,9-10H2,1H3;1-2,5,11H,3-4,9-10H2. The average Bonchev–Trinajstić information content (AvgIpc) is 2.48. The van der Waals surface area contributed by atoms with Crippen molar-refractivity contribution in [3.05, 3.63) is 47.5 Å². The van der Waals surface area contributed by atoms with Gasteiger partial charge < -0.3 is 32.8 Å². The van der Waals surface area contributed by atoms with Gasteiger partial charge in [0.05, 0.1) is 6.61 Å². The van der Waals surface area contributed by atoms with Crippen LogP contribution >= 0.6 is 0 Å². The molecule has 0 unspecified atom stereocenters. The predicted molar refractivity (Wildman–Crippen MR) is 92.0 cm³/mol. The van der Waals surface area contributed by atoms with Crippen molar-refractivity contribution in [2.24, 2.45) is 0 Å². The second-order valence-corrected chi connectivity index (χ2v) is 4.82. The second kappa shape index (κ2) is 8.76. The molecule has 0 aromatic heterocycles. The summed E-state index contributed by atoms with van der Waals surface area (Å²) in [5.41, 5.74) is 27.0. The molecule has 120 valence electrons. The lowest BCUT2D eigenvalue weighted by atomic mass is 10.1. The van der Waals surface area contributed by atoms with Gasteiger partial charge in [-0.3, -0.25) is 0 Å². The summed E-state index contributed by atoms with van der Waals surface area (Å²) in [7, 11) is 1.63. The smallest absolute Gasteiger partial charge is 0.0733 e. The third kappa shape index (κ3) is 5.51. The second-order valence-electron chi connectivity index (χ2n) is 4.82. The first-order valence-electron chi connectivity index (χ1n) is 6.85. The Morgan fingerprint density at radius 3 is 1.86 bits per heavy atom. The van der Waals surface area contributed by atoms with Gasteiger partial charge in [-0.05, 0) is 48.4 Å². The SMILES string of the molecule is COCc1cc(N)ccc1N.Nc1ccc(N)c(CCO)c1. The van der Waals surface area contributed by atoms with E-state index >= 15 is 0 Å². The first-order valence-corrected chi connectivity index (χ1v) is 6.85. The number of aliphatic hydroxyl groups excluding tert-OH is 1. The van der Waals surface area contributed by atoms with Crippen LogP contribution in [0.2, 0.25) is 0 Å². The number of methoxy groups -OCH3 is 1. The van der Waals surface area contributed by atoms with Gasteiger partial charge in [0.2, 0.25) is 0 Å². The molecule has 2 aromatic carbocycles. The molecule has 2 rings (SSSR count). The molecule has 0 saturated heterocycles. The molecule has 0 aliphatic rings. The summed E-state index contributed by atoms with van der Waals surface area (Å²) >= 11 is 0. The van der Waals surface area contributed by atoms with E-state index in [0.29, 0.717) is 30.1 Å². The number of hydrogen-bond donors (Lipinski definition) is 5. The number of benzene rings is 2.